The topological polar surface area (TPSA) is 58.6 Å². The highest BCUT2D eigenvalue weighted by Gasteiger charge is 2.29. The minimum Gasteiger partial charge on any atom is -0.381 e. The standard InChI is InChI=1S/C18H22N4O2S/c23-17(15-7-12-24-13-15)21-8-4-9-22(11-10-21)18-20-19-16(25-18)14-5-2-1-3-6-14/h1-3,5-6,15H,4,7-13H2. The van der Waals surface area contributed by atoms with E-state index < -0.39 is 0 Å². The molecule has 132 valence electrons. The molecule has 2 aliphatic heterocycles. The molecule has 2 aromatic rings. The lowest BCUT2D eigenvalue weighted by atomic mass is 10.1. The number of hydrogen-bond donors (Lipinski definition) is 0. The second-order valence-electron chi connectivity index (χ2n) is 6.48. The summed E-state index contributed by atoms with van der Waals surface area (Å²) in [7, 11) is 0. The van der Waals surface area contributed by atoms with Crippen molar-refractivity contribution in [1.82, 2.24) is 15.1 Å². The third-order valence-corrected chi connectivity index (χ3v) is 5.83. The van der Waals surface area contributed by atoms with E-state index in [1.165, 1.54) is 0 Å². The Kier molecular flexibility index (Phi) is 4.94. The van der Waals surface area contributed by atoms with Gasteiger partial charge in [-0.3, -0.25) is 4.79 Å². The number of benzene rings is 1. The SMILES string of the molecule is O=C(C1CCOC1)N1CCCN(c2nnc(-c3ccccc3)s2)CC1. The number of ether oxygens (including phenoxy) is 1. The number of nitrogens with zero attached hydrogens (tertiary/aromatic N) is 4. The highest BCUT2D eigenvalue weighted by atomic mass is 32.1. The maximum Gasteiger partial charge on any atom is 0.228 e. The first-order valence-corrected chi connectivity index (χ1v) is 9.63. The smallest absolute Gasteiger partial charge is 0.228 e. The van der Waals surface area contributed by atoms with E-state index in [4.69, 9.17) is 4.74 Å². The van der Waals surface area contributed by atoms with Crippen LogP contribution in [0.4, 0.5) is 5.13 Å². The third-order valence-electron chi connectivity index (χ3n) is 4.79. The summed E-state index contributed by atoms with van der Waals surface area (Å²) in [5.74, 6) is 0.305. The predicted molar refractivity (Wildman–Crippen MR) is 97.7 cm³/mol. The Hall–Kier alpha value is -1.99. The number of rotatable bonds is 3. The molecule has 2 aliphatic rings. The molecule has 7 heteroatoms. The van der Waals surface area contributed by atoms with Crippen LogP contribution < -0.4 is 4.90 Å². The molecule has 1 unspecified atom stereocenters. The molecule has 4 rings (SSSR count). The van der Waals surface area contributed by atoms with Gasteiger partial charge in [0.15, 0.2) is 0 Å². The molecule has 1 aromatic carbocycles. The monoisotopic (exact) mass is 358 g/mol. The average Bonchev–Trinajstić information content (AvgIpc) is 3.30. The number of carbonyl (C=O) groups is 1. The molecule has 1 aromatic heterocycles. The van der Waals surface area contributed by atoms with Crippen molar-refractivity contribution >= 4 is 22.4 Å². The Bertz CT molecular complexity index is 715. The fourth-order valence-corrected chi connectivity index (χ4v) is 4.26. The lowest BCUT2D eigenvalue weighted by molar-refractivity contribution is -0.135. The largest absolute Gasteiger partial charge is 0.381 e. The van der Waals surface area contributed by atoms with E-state index in [0.717, 1.165) is 54.7 Å². The van der Waals surface area contributed by atoms with Crippen molar-refractivity contribution in [3.8, 4) is 10.6 Å². The second-order valence-corrected chi connectivity index (χ2v) is 7.44. The minimum atomic E-state index is 0.0535. The molecule has 6 nitrogen and oxygen atoms in total. The zero-order valence-corrected chi connectivity index (χ0v) is 15.0. The molecule has 0 N–H and O–H groups in total. The van der Waals surface area contributed by atoms with E-state index in [2.05, 4.69) is 27.2 Å². The van der Waals surface area contributed by atoms with Crippen molar-refractivity contribution in [2.24, 2.45) is 5.92 Å². The van der Waals surface area contributed by atoms with Crippen molar-refractivity contribution in [2.45, 2.75) is 12.8 Å². The number of hydrogen-bond acceptors (Lipinski definition) is 6. The summed E-state index contributed by atoms with van der Waals surface area (Å²) in [5.41, 5.74) is 1.10. The molecule has 0 aliphatic carbocycles. The van der Waals surface area contributed by atoms with Crippen molar-refractivity contribution in [1.29, 1.82) is 0 Å². The minimum absolute atomic E-state index is 0.0535. The van der Waals surface area contributed by atoms with Crippen LogP contribution in [0, 0.1) is 5.92 Å². The fraction of sp³-hybridized carbons (Fsp3) is 0.500. The van der Waals surface area contributed by atoms with Gasteiger partial charge in [-0.2, -0.15) is 0 Å². The van der Waals surface area contributed by atoms with Crippen LogP contribution in [0.5, 0.6) is 0 Å². The second kappa shape index (κ2) is 7.49. The van der Waals surface area contributed by atoms with Crippen LogP contribution >= 0.6 is 11.3 Å². The summed E-state index contributed by atoms with van der Waals surface area (Å²) in [6.45, 7) is 4.57. The summed E-state index contributed by atoms with van der Waals surface area (Å²) in [4.78, 5) is 16.8. The van der Waals surface area contributed by atoms with Crippen LogP contribution in [0.2, 0.25) is 0 Å². The molecule has 1 amide bonds. The third kappa shape index (κ3) is 3.67. The summed E-state index contributed by atoms with van der Waals surface area (Å²) in [6, 6.07) is 10.1. The molecule has 25 heavy (non-hydrogen) atoms. The normalized spacial score (nSPS) is 21.4. The van der Waals surface area contributed by atoms with Crippen LogP contribution in [0.15, 0.2) is 30.3 Å². The van der Waals surface area contributed by atoms with Crippen LogP contribution in [0.3, 0.4) is 0 Å². The average molecular weight is 358 g/mol. The van der Waals surface area contributed by atoms with Gasteiger partial charge < -0.3 is 14.5 Å². The molecule has 1 atom stereocenters. The molecule has 0 radical (unpaired) electrons. The Labute approximate surface area is 151 Å². The lowest BCUT2D eigenvalue weighted by Gasteiger charge is -2.23. The van der Waals surface area contributed by atoms with Crippen molar-refractivity contribution < 1.29 is 9.53 Å². The van der Waals surface area contributed by atoms with Crippen LogP contribution in [-0.4, -0.2) is 60.4 Å². The highest BCUT2D eigenvalue weighted by Crippen LogP contribution is 2.29. The number of carbonyl (C=O) groups excluding carboxylic acids is 1. The molecule has 0 spiro atoms. The van der Waals surface area contributed by atoms with E-state index in [9.17, 15) is 4.79 Å². The number of aromatic nitrogens is 2. The van der Waals surface area contributed by atoms with Crippen LogP contribution in [-0.2, 0) is 9.53 Å². The Morgan fingerprint density at radius 2 is 2.00 bits per heavy atom. The lowest BCUT2D eigenvalue weighted by Crippen LogP contribution is -2.39. The first kappa shape index (κ1) is 16.5. The summed E-state index contributed by atoms with van der Waals surface area (Å²) < 4.78 is 5.36. The quantitative estimate of drug-likeness (QED) is 0.842. The van der Waals surface area contributed by atoms with Gasteiger partial charge in [0.1, 0.15) is 5.01 Å². The van der Waals surface area contributed by atoms with Gasteiger partial charge in [0.05, 0.1) is 12.5 Å². The number of amides is 1. The van der Waals surface area contributed by atoms with Gasteiger partial charge in [-0.1, -0.05) is 41.7 Å². The first-order valence-electron chi connectivity index (χ1n) is 8.81. The van der Waals surface area contributed by atoms with E-state index >= 15 is 0 Å². The van der Waals surface area contributed by atoms with E-state index in [1.54, 1.807) is 11.3 Å². The van der Waals surface area contributed by atoms with Crippen molar-refractivity contribution in [3.05, 3.63) is 30.3 Å². The van der Waals surface area contributed by atoms with Gasteiger partial charge in [0.2, 0.25) is 11.0 Å². The predicted octanol–water partition coefficient (Wildman–Crippen LogP) is 2.28. The van der Waals surface area contributed by atoms with Crippen molar-refractivity contribution in [2.75, 3.05) is 44.3 Å². The van der Waals surface area contributed by atoms with Crippen LogP contribution in [0.25, 0.3) is 10.6 Å². The van der Waals surface area contributed by atoms with E-state index in [1.807, 2.05) is 23.1 Å². The van der Waals surface area contributed by atoms with Gasteiger partial charge in [0.25, 0.3) is 0 Å². The molecule has 2 fully saturated rings. The van der Waals surface area contributed by atoms with Gasteiger partial charge >= 0.3 is 0 Å². The molecule has 0 saturated carbocycles. The number of anilines is 1. The van der Waals surface area contributed by atoms with E-state index in [0.29, 0.717) is 13.2 Å². The summed E-state index contributed by atoms with van der Waals surface area (Å²) in [6.07, 6.45) is 1.81. The van der Waals surface area contributed by atoms with Gasteiger partial charge in [-0.15, -0.1) is 10.2 Å². The Morgan fingerprint density at radius 3 is 2.80 bits per heavy atom. The summed E-state index contributed by atoms with van der Waals surface area (Å²) in [5, 5.41) is 10.6. The van der Waals surface area contributed by atoms with Crippen molar-refractivity contribution in [3.63, 3.8) is 0 Å². The molecular weight excluding hydrogens is 336 g/mol. The van der Waals surface area contributed by atoms with Crippen LogP contribution in [0.1, 0.15) is 12.8 Å². The summed E-state index contributed by atoms with van der Waals surface area (Å²) >= 11 is 1.62. The van der Waals surface area contributed by atoms with Gasteiger partial charge in [-0.05, 0) is 12.8 Å². The van der Waals surface area contributed by atoms with E-state index in [-0.39, 0.29) is 11.8 Å². The molecule has 3 heterocycles. The Balaban J connectivity index is 1.41. The Morgan fingerprint density at radius 1 is 1.12 bits per heavy atom. The highest BCUT2D eigenvalue weighted by molar-refractivity contribution is 7.18. The fourth-order valence-electron chi connectivity index (χ4n) is 3.36. The first-order chi connectivity index (χ1) is 12.3. The zero-order chi connectivity index (χ0) is 17.1. The maximum atomic E-state index is 12.6. The van der Waals surface area contributed by atoms with Gasteiger partial charge in [0, 0.05) is 38.3 Å². The maximum absolute atomic E-state index is 12.6. The zero-order valence-electron chi connectivity index (χ0n) is 14.1. The molecule has 0 bridgehead atoms. The molecule has 2 saturated heterocycles. The van der Waals surface area contributed by atoms with Gasteiger partial charge in [-0.25, -0.2) is 0 Å². The molecular formula is C18H22N4O2S.